The van der Waals surface area contributed by atoms with Crippen LogP contribution in [-0.4, -0.2) is 6.54 Å². The minimum absolute atomic E-state index is 0.281. The summed E-state index contributed by atoms with van der Waals surface area (Å²) in [5, 5.41) is 3.59. The minimum atomic E-state index is 0.281. The van der Waals surface area contributed by atoms with Crippen molar-refractivity contribution in [2.24, 2.45) is 0 Å². The standard InChI is InChI=1S/C17H27NO/c1-3-15-12-13-16(19-15)17(18-4-2)14-10-8-6-5-7-9-11-14/h10,12-13,17-18H,3-9,11H2,1-2H3/b14-10+. The van der Waals surface area contributed by atoms with Crippen LogP contribution >= 0.6 is 0 Å². The molecule has 0 spiro atoms. The molecule has 1 aliphatic carbocycles. The van der Waals surface area contributed by atoms with Crippen LogP contribution in [0.2, 0.25) is 0 Å². The molecular formula is C17H27NO. The number of aryl methyl sites for hydroxylation is 1. The fourth-order valence-corrected chi connectivity index (χ4v) is 2.84. The maximum absolute atomic E-state index is 5.97. The lowest BCUT2D eigenvalue weighted by molar-refractivity contribution is 0.414. The molecule has 1 N–H and O–H groups in total. The smallest absolute Gasteiger partial charge is 0.125 e. The quantitative estimate of drug-likeness (QED) is 0.772. The predicted octanol–water partition coefficient (Wildman–Crippen LogP) is 4.77. The van der Waals surface area contributed by atoms with Gasteiger partial charge in [0, 0.05) is 6.42 Å². The third-order valence-corrected chi connectivity index (χ3v) is 3.92. The Bertz CT molecular complexity index is 405. The highest BCUT2D eigenvalue weighted by atomic mass is 16.3. The average molecular weight is 261 g/mol. The molecule has 0 saturated heterocycles. The van der Waals surface area contributed by atoms with E-state index in [-0.39, 0.29) is 6.04 Å². The van der Waals surface area contributed by atoms with Crippen LogP contribution in [0.4, 0.5) is 0 Å². The van der Waals surface area contributed by atoms with Gasteiger partial charge in [-0.15, -0.1) is 0 Å². The molecule has 19 heavy (non-hydrogen) atoms. The molecule has 0 aliphatic heterocycles. The summed E-state index contributed by atoms with van der Waals surface area (Å²) in [7, 11) is 0. The molecule has 0 aromatic carbocycles. The number of hydrogen-bond donors (Lipinski definition) is 1. The second-order valence-corrected chi connectivity index (χ2v) is 5.38. The first-order chi connectivity index (χ1) is 9.35. The molecule has 1 atom stereocenters. The van der Waals surface area contributed by atoms with Gasteiger partial charge in [0.05, 0.1) is 6.04 Å². The normalized spacial score (nSPS) is 21.3. The van der Waals surface area contributed by atoms with Crippen molar-refractivity contribution in [3.63, 3.8) is 0 Å². The van der Waals surface area contributed by atoms with Crippen LogP contribution in [0.3, 0.4) is 0 Å². The first-order valence-corrected chi connectivity index (χ1v) is 7.86. The van der Waals surface area contributed by atoms with Crippen LogP contribution in [0.25, 0.3) is 0 Å². The Morgan fingerprint density at radius 2 is 2.00 bits per heavy atom. The molecule has 0 bridgehead atoms. The van der Waals surface area contributed by atoms with Crippen LogP contribution in [0.15, 0.2) is 28.2 Å². The van der Waals surface area contributed by atoms with E-state index in [2.05, 4.69) is 37.4 Å². The van der Waals surface area contributed by atoms with Crippen molar-refractivity contribution in [3.8, 4) is 0 Å². The number of nitrogens with one attached hydrogen (secondary N) is 1. The van der Waals surface area contributed by atoms with E-state index in [9.17, 15) is 0 Å². The van der Waals surface area contributed by atoms with Gasteiger partial charge in [-0.3, -0.25) is 0 Å². The fourth-order valence-electron chi connectivity index (χ4n) is 2.84. The molecule has 0 amide bonds. The van der Waals surface area contributed by atoms with Gasteiger partial charge in [0.15, 0.2) is 0 Å². The highest BCUT2D eigenvalue weighted by Crippen LogP contribution is 2.30. The molecule has 2 rings (SSSR count). The van der Waals surface area contributed by atoms with E-state index in [1.165, 1.54) is 44.1 Å². The van der Waals surface area contributed by atoms with Crippen LogP contribution in [0, 0.1) is 0 Å². The Kier molecular flexibility index (Phi) is 5.71. The van der Waals surface area contributed by atoms with Gasteiger partial charge in [0.2, 0.25) is 0 Å². The number of rotatable bonds is 5. The molecule has 1 aliphatic rings. The van der Waals surface area contributed by atoms with E-state index < -0.39 is 0 Å². The summed E-state index contributed by atoms with van der Waals surface area (Å²) < 4.78 is 5.97. The fraction of sp³-hybridized carbons (Fsp3) is 0.647. The summed E-state index contributed by atoms with van der Waals surface area (Å²) in [6, 6.07) is 4.54. The van der Waals surface area contributed by atoms with E-state index in [4.69, 9.17) is 4.42 Å². The SMILES string of the molecule is CCNC(/C1=C/CCCCCC1)c1ccc(CC)o1. The highest BCUT2D eigenvalue weighted by Gasteiger charge is 2.19. The van der Waals surface area contributed by atoms with Crippen LogP contribution in [0.5, 0.6) is 0 Å². The molecule has 0 radical (unpaired) electrons. The lowest BCUT2D eigenvalue weighted by Gasteiger charge is -2.21. The predicted molar refractivity (Wildman–Crippen MR) is 80.3 cm³/mol. The molecule has 106 valence electrons. The molecular weight excluding hydrogens is 234 g/mol. The molecule has 2 heteroatoms. The third-order valence-electron chi connectivity index (χ3n) is 3.92. The summed E-state index contributed by atoms with van der Waals surface area (Å²) >= 11 is 0. The zero-order valence-electron chi connectivity index (χ0n) is 12.4. The molecule has 0 saturated carbocycles. The van der Waals surface area contributed by atoms with Crippen LogP contribution in [-0.2, 0) is 6.42 Å². The number of furan rings is 1. The molecule has 1 heterocycles. The summed E-state index contributed by atoms with van der Waals surface area (Å²) in [5.74, 6) is 2.18. The number of hydrogen-bond acceptors (Lipinski definition) is 2. The topological polar surface area (TPSA) is 25.2 Å². The molecule has 2 nitrogen and oxygen atoms in total. The second kappa shape index (κ2) is 7.54. The number of allylic oxidation sites excluding steroid dienone is 1. The van der Waals surface area contributed by atoms with Crippen LogP contribution in [0.1, 0.15) is 69.9 Å². The van der Waals surface area contributed by atoms with E-state index in [0.717, 1.165) is 24.5 Å². The van der Waals surface area contributed by atoms with Gasteiger partial charge in [-0.25, -0.2) is 0 Å². The van der Waals surface area contributed by atoms with Gasteiger partial charge in [-0.2, -0.15) is 0 Å². The first-order valence-electron chi connectivity index (χ1n) is 7.86. The lowest BCUT2D eigenvalue weighted by Crippen LogP contribution is -2.22. The van der Waals surface area contributed by atoms with E-state index >= 15 is 0 Å². The Labute approximate surface area is 117 Å². The third kappa shape index (κ3) is 3.97. The first kappa shape index (κ1) is 14.4. The van der Waals surface area contributed by atoms with Gasteiger partial charge in [0.1, 0.15) is 11.5 Å². The van der Waals surface area contributed by atoms with Gasteiger partial charge in [0.25, 0.3) is 0 Å². The Hall–Kier alpha value is -1.02. The minimum Gasteiger partial charge on any atom is -0.464 e. The van der Waals surface area contributed by atoms with E-state index in [1.54, 1.807) is 0 Å². The van der Waals surface area contributed by atoms with Gasteiger partial charge in [-0.1, -0.05) is 32.8 Å². The average Bonchev–Trinajstić information content (AvgIpc) is 2.85. The Morgan fingerprint density at radius 1 is 1.16 bits per heavy atom. The Morgan fingerprint density at radius 3 is 2.74 bits per heavy atom. The van der Waals surface area contributed by atoms with Crippen molar-refractivity contribution in [1.29, 1.82) is 0 Å². The van der Waals surface area contributed by atoms with Gasteiger partial charge in [-0.05, 0) is 49.9 Å². The maximum atomic E-state index is 5.97. The van der Waals surface area contributed by atoms with Gasteiger partial charge < -0.3 is 9.73 Å². The molecule has 1 aromatic heterocycles. The van der Waals surface area contributed by atoms with Crippen molar-refractivity contribution in [2.45, 2.75) is 64.8 Å². The lowest BCUT2D eigenvalue weighted by atomic mass is 9.93. The second-order valence-electron chi connectivity index (χ2n) is 5.38. The molecule has 1 aromatic rings. The van der Waals surface area contributed by atoms with E-state index in [0.29, 0.717) is 0 Å². The van der Waals surface area contributed by atoms with E-state index in [1.807, 2.05) is 0 Å². The van der Waals surface area contributed by atoms with Crippen LogP contribution < -0.4 is 5.32 Å². The van der Waals surface area contributed by atoms with Crippen molar-refractivity contribution in [2.75, 3.05) is 6.54 Å². The largest absolute Gasteiger partial charge is 0.464 e. The molecule has 1 unspecified atom stereocenters. The maximum Gasteiger partial charge on any atom is 0.125 e. The van der Waals surface area contributed by atoms with Crippen molar-refractivity contribution < 1.29 is 4.42 Å². The van der Waals surface area contributed by atoms with Gasteiger partial charge >= 0.3 is 0 Å². The Balaban J connectivity index is 2.17. The zero-order chi connectivity index (χ0) is 13.5. The van der Waals surface area contributed by atoms with Crippen molar-refractivity contribution in [1.82, 2.24) is 5.32 Å². The summed E-state index contributed by atoms with van der Waals surface area (Å²) in [6.45, 7) is 5.28. The summed E-state index contributed by atoms with van der Waals surface area (Å²) in [6.07, 6.45) is 11.2. The van der Waals surface area contributed by atoms with Crippen molar-refractivity contribution in [3.05, 3.63) is 35.3 Å². The zero-order valence-corrected chi connectivity index (χ0v) is 12.4. The number of likely N-dealkylation sites (N-methyl/N-ethyl adjacent to an activating group) is 1. The molecule has 0 fully saturated rings. The van der Waals surface area contributed by atoms with Crippen molar-refractivity contribution >= 4 is 0 Å². The summed E-state index contributed by atoms with van der Waals surface area (Å²) in [5.41, 5.74) is 1.53. The highest BCUT2D eigenvalue weighted by molar-refractivity contribution is 5.23. The monoisotopic (exact) mass is 261 g/mol. The summed E-state index contributed by atoms with van der Waals surface area (Å²) in [4.78, 5) is 0.